The van der Waals surface area contributed by atoms with Crippen molar-refractivity contribution < 1.29 is 27.2 Å². The van der Waals surface area contributed by atoms with Gasteiger partial charge in [-0.15, -0.1) is 0 Å². The number of aliphatic hydroxyl groups is 1. The first-order chi connectivity index (χ1) is 13.2. The second kappa shape index (κ2) is 10.0. The Bertz CT molecular complexity index is 828. The summed E-state index contributed by atoms with van der Waals surface area (Å²) in [7, 11) is -2.34. The third-order valence-electron chi connectivity index (χ3n) is 4.34. The summed E-state index contributed by atoms with van der Waals surface area (Å²) in [6.07, 6.45) is -1.66. The minimum atomic E-state index is -3.94. The summed E-state index contributed by atoms with van der Waals surface area (Å²) >= 11 is 0. The molecule has 7 heteroatoms. The summed E-state index contributed by atoms with van der Waals surface area (Å²) < 4.78 is 40.6. The van der Waals surface area contributed by atoms with Gasteiger partial charge >= 0.3 is 0 Å². The number of benzene rings is 2. The van der Waals surface area contributed by atoms with Crippen LogP contribution >= 0.6 is 0 Å². The van der Waals surface area contributed by atoms with Crippen molar-refractivity contribution in [1.29, 1.82) is 0 Å². The van der Waals surface area contributed by atoms with Crippen LogP contribution in [0.4, 0.5) is 0 Å². The zero-order valence-electron chi connectivity index (χ0n) is 16.7. The van der Waals surface area contributed by atoms with E-state index in [1.54, 1.807) is 19.2 Å². The second-order valence-electron chi connectivity index (χ2n) is 6.99. The van der Waals surface area contributed by atoms with Gasteiger partial charge in [-0.3, -0.25) is 4.18 Å². The third kappa shape index (κ3) is 6.31. The minimum absolute atomic E-state index is 0.0288. The summed E-state index contributed by atoms with van der Waals surface area (Å²) in [4.78, 5) is 0.0607. The van der Waals surface area contributed by atoms with Crippen molar-refractivity contribution >= 4 is 10.1 Å². The van der Waals surface area contributed by atoms with E-state index in [0.29, 0.717) is 0 Å². The van der Waals surface area contributed by atoms with Crippen molar-refractivity contribution in [2.45, 2.75) is 44.5 Å². The first-order valence-electron chi connectivity index (χ1n) is 9.11. The molecule has 1 N–H and O–H groups in total. The van der Waals surface area contributed by atoms with Crippen LogP contribution in [-0.2, 0) is 25.6 Å². The van der Waals surface area contributed by atoms with Crippen LogP contribution in [0.15, 0.2) is 53.4 Å². The molecular formula is C21H28O6S. The number of ether oxygens (including phenoxy) is 2. The SMILES string of the molecule is COc1ccc(CO[C@H](C(C)C)[C@@H](O)COS(=O)(=O)c2ccc(C)cc2)cc1. The van der Waals surface area contributed by atoms with E-state index in [1.807, 2.05) is 45.0 Å². The highest BCUT2D eigenvalue weighted by Gasteiger charge is 2.26. The largest absolute Gasteiger partial charge is 0.497 e. The molecule has 2 atom stereocenters. The lowest BCUT2D eigenvalue weighted by Crippen LogP contribution is -2.37. The van der Waals surface area contributed by atoms with Gasteiger partial charge in [0, 0.05) is 0 Å². The lowest BCUT2D eigenvalue weighted by atomic mass is 10.0. The van der Waals surface area contributed by atoms with Crippen molar-refractivity contribution in [3.05, 3.63) is 59.7 Å². The molecule has 154 valence electrons. The quantitative estimate of drug-likeness (QED) is 0.608. The predicted octanol–water partition coefficient (Wildman–Crippen LogP) is 3.31. The highest BCUT2D eigenvalue weighted by atomic mass is 32.2. The maximum atomic E-state index is 12.3. The molecule has 6 nitrogen and oxygen atoms in total. The van der Waals surface area contributed by atoms with Crippen molar-refractivity contribution in [1.82, 2.24) is 0 Å². The van der Waals surface area contributed by atoms with Crippen molar-refractivity contribution in [2.24, 2.45) is 5.92 Å². The van der Waals surface area contributed by atoms with E-state index in [1.165, 1.54) is 12.1 Å². The molecule has 2 aromatic rings. The summed E-state index contributed by atoms with van der Waals surface area (Å²) in [5.41, 5.74) is 1.87. The van der Waals surface area contributed by atoms with E-state index in [2.05, 4.69) is 0 Å². The van der Waals surface area contributed by atoms with Gasteiger partial charge in [0.05, 0.1) is 31.3 Å². The van der Waals surface area contributed by atoms with Crippen LogP contribution in [-0.4, -0.2) is 39.4 Å². The summed E-state index contributed by atoms with van der Waals surface area (Å²) in [5.74, 6) is 0.720. The lowest BCUT2D eigenvalue weighted by molar-refractivity contribution is -0.0817. The summed E-state index contributed by atoms with van der Waals surface area (Å²) in [5, 5.41) is 10.5. The normalized spacial score (nSPS) is 14.1. The van der Waals surface area contributed by atoms with Gasteiger partial charge in [-0.05, 0) is 42.7 Å². The Kier molecular flexibility index (Phi) is 8.00. The maximum Gasteiger partial charge on any atom is 0.297 e. The van der Waals surface area contributed by atoms with Crippen LogP contribution < -0.4 is 4.74 Å². The fraction of sp³-hybridized carbons (Fsp3) is 0.429. The van der Waals surface area contributed by atoms with Gasteiger partial charge in [-0.2, -0.15) is 8.42 Å². The first kappa shape index (κ1) is 22.4. The van der Waals surface area contributed by atoms with E-state index in [4.69, 9.17) is 13.7 Å². The van der Waals surface area contributed by atoms with Gasteiger partial charge in [-0.25, -0.2) is 0 Å². The summed E-state index contributed by atoms with van der Waals surface area (Å²) in [6, 6.07) is 13.8. The van der Waals surface area contributed by atoms with E-state index in [0.717, 1.165) is 16.9 Å². The Morgan fingerprint density at radius 2 is 1.61 bits per heavy atom. The molecule has 0 aliphatic heterocycles. The molecule has 2 aromatic carbocycles. The Hall–Kier alpha value is -1.93. The van der Waals surface area contributed by atoms with Gasteiger partial charge in [0.25, 0.3) is 10.1 Å². The monoisotopic (exact) mass is 408 g/mol. The fourth-order valence-corrected chi connectivity index (χ4v) is 3.61. The smallest absolute Gasteiger partial charge is 0.297 e. The highest BCUT2D eigenvalue weighted by Crippen LogP contribution is 2.19. The van der Waals surface area contributed by atoms with Crippen LogP contribution in [0.2, 0.25) is 0 Å². The number of aliphatic hydroxyl groups excluding tert-OH is 1. The Balaban J connectivity index is 1.95. The minimum Gasteiger partial charge on any atom is -0.497 e. The molecule has 0 aliphatic carbocycles. The maximum absolute atomic E-state index is 12.3. The van der Waals surface area contributed by atoms with Crippen LogP contribution in [0.5, 0.6) is 5.75 Å². The number of hydrogen-bond acceptors (Lipinski definition) is 6. The molecule has 28 heavy (non-hydrogen) atoms. The Morgan fingerprint density at radius 1 is 1.00 bits per heavy atom. The Labute approximate surface area is 167 Å². The Morgan fingerprint density at radius 3 is 2.14 bits per heavy atom. The number of aryl methyl sites for hydroxylation is 1. The van der Waals surface area contributed by atoms with Crippen LogP contribution in [0.3, 0.4) is 0 Å². The molecule has 0 heterocycles. The van der Waals surface area contributed by atoms with Crippen molar-refractivity contribution in [3.63, 3.8) is 0 Å². The molecule has 0 saturated carbocycles. The van der Waals surface area contributed by atoms with Gasteiger partial charge in [-0.1, -0.05) is 43.7 Å². The second-order valence-corrected chi connectivity index (χ2v) is 8.60. The van der Waals surface area contributed by atoms with Crippen LogP contribution in [0.25, 0.3) is 0 Å². The number of hydrogen-bond donors (Lipinski definition) is 1. The first-order valence-corrected chi connectivity index (χ1v) is 10.5. The summed E-state index contributed by atoms with van der Waals surface area (Å²) in [6.45, 7) is 5.58. The van der Waals surface area contributed by atoms with Crippen molar-refractivity contribution in [2.75, 3.05) is 13.7 Å². The van der Waals surface area contributed by atoms with Gasteiger partial charge in [0.2, 0.25) is 0 Å². The molecule has 0 aromatic heterocycles. The van der Waals surface area contributed by atoms with E-state index in [-0.39, 0.29) is 24.0 Å². The average Bonchev–Trinajstić information content (AvgIpc) is 2.67. The molecular weight excluding hydrogens is 380 g/mol. The van der Waals surface area contributed by atoms with E-state index >= 15 is 0 Å². The zero-order valence-corrected chi connectivity index (χ0v) is 17.5. The molecule has 0 saturated heterocycles. The molecule has 2 rings (SSSR count). The highest BCUT2D eigenvalue weighted by molar-refractivity contribution is 7.86. The topological polar surface area (TPSA) is 82.1 Å². The molecule has 0 unspecified atom stereocenters. The fourth-order valence-electron chi connectivity index (χ4n) is 2.69. The van der Waals surface area contributed by atoms with E-state index < -0.39 is 22.3 Å². The number of methoxy groups -OCH3 is 1. The zero-order chi connectivity index (χ0) is 20.7. The molecule has 0 fully saturated rings. The van der Waals surface area contributed by atoms with Gasteiger partial charge in [0.15, 0.2) is 0 Å². The van der Waals surface area contributed by atoms with Crippen molar-refractivity contribution in [3.8, 4) is 5.75 Å². The third-order valence-corrected chi connectivity index (χ3v) is 5.64. The van der Waals surface area contributed by atoms with Crippen LogP contribution in [0.1, 0.15) is 25.0 Å². The molecule has 0 aliphatic rings. The molecule has 0 radical (unpaired) electrons. The molecule has 0 bridgehead atoms. The molecule has 0 spiro atoms. The van der Waals surface area contributed by atoms with Gasteiger partial charge in [0.1, 0.15) is 11.9 Å². The van der Waals surface area contributed by atoms with Gasteiger partial charge < -0.3 is 14.6 Å². The van der Waals surface area contributed by atoms with Crippen LogP contribution in [0, 0.1) is 12.8 Å². The standard InChI is InChI=1S/C21H28O6S/c1-15(2)21(26-13-17-7-9-18(25-4)10-8-17)20(22)14-27-28(23,24)19-11-5-16(3)6-12-19/h5-12,15,20-22H,13-14H2,1-4H3/t20-,21+/m0/s1. The lowest BCUT2D eigenvalue weighted by Gasteiger charge is -2.26. The number of rotatable bonds is 10. The predicted molar refractivity (Wildman–Crippen MR) is 107 cm³/mol. The average molecular weight is 409 g/mol. The molecule has 0 amide bonds. The van der Waals surface area contributed by atoms with E-state index in [9.17, 15) is 13.5 Å².